The second-order valence-electron chi connectivity index (χ2n) is 17.3. The van der Waals surface area contributed by atoms with Gasteiger partial charge in [-0.2, -0.15) is 26.3 Å². The molecule has 0 radical (unpaired) electrons. The van der Waals surface area contributed by atoms with Gasteiger partial charge in [-0.05, 0) is 91.4 Å². The number of pyridine rings is 1. The van der Waals surface area contributed by atoms with Crippen LogP contribution in [0, 0.1) is 0 Å². The number of phenolic OH excluding ortho intramolecular Hbond substituents is 1. The summed E-state index contributed by atoms with van der Waals surface area (Å²) in [6.07, 6.45) is -9.41. The van der Waals surface area contributed by atoms with Crippen molar-refractivity contribution >= 4 is 57.8 Å². The maximum Gasteiger partial charge on any atom is 0.490 e. The predicted molar refractivity (Wildman–Crippen MR) is 270 cm³/mol. The van der Waals surface area contributed by atoms with Crippen molar-refractivity contribution in [2.75, 3.05) is 48.8 Å². The number of benzene rings is 5. The van der Waals surface area contributed by atoms with E-state index in [0.29, 0.717) is 84.4 Å². The van der Waals surface area contributed by atoms with Crippen LogP contribution in [0.1, 0.15) is 53.8 Å². The number of halogens is 6. The Kier molecular flexibility index (Phi) is 20.7. The molecule has 17 nitrogen and oxygen atoms in total. The van der Waals surface area contributed by atoms with E-state index >= 15 is 0 Å². The average Bonchev–Trinajstić information content (AvgIpc) is 3.39. The SMILES string of the molecule is C[C@@H](Cc1ccc(NC(=O)c2cccc(N(C)C(=O)CCN3CCC(OC(=O)Nc4ccccc4-c4ccccc4)CC3)c2)cc1)NC[C@H](O)c1ccc(O)c2[nH]c(=O)ccc12.O=C(O)C(F)(F)F.O=C(O)C(F)(F)F. The lowest BCUT2D eigenvalue weighted by atomic mass is 10.0. The molecule has 3 amide bonds. The number of likely N-dealkylation sites (tertiary alicyclic amines) is 1. The minimum atomic E-state index is -5.08. The lowest BCUT2D eigenvalue weighted by Gasteiger charge is -2.31. The fourth-order valence-corrected chi connectivity index (χ4v) is 7.75. The number of alkyl halides is 6. The standard InChI is InChI=1S/C49H52N6O7.2C2HF3O2/c1-32(50-31-44(57)40-19-21-43(56)47-41(40)20-22-45(58)53-47)29-33-15-17-36(18-16-33)51-48(60)35-11-8-12-37(30-35)54(2)46(59)25-28-55-26-23-38(24-27-55)62-49(61)52-42-14-7-6-13-39(42)34-9-4-3-5-10-34;2*3-2(4,5)1(6)7/h3-22,30,32,38,44,50,56-57H,23-29,31H2,1-2H3,(H,51,60)(H,52,61)(H,53,58);2*(H,6,7)/t32-,44-;;/m0../s1. The summed E-state index contributed by atoms with van der Waals surface area (Å²) in [6.45, 7) is 4.26. The molecule has 0 spiro atoms. The first kappa shape index (κ1) is 58.6. The Hall–Kier alpha value is -8.28. The fraction of sp³-hybridized carbons (Fsp3) is 0.283. The van der Waals surface area contributed by atoms with E-state index in [1.54, 1.807) is 48.3 Å². The van der Waals surface area contributed by atoms with E-state index in [0.717, 1.165) is 16.7 Å². The molecule has 1 aliphatic heterocycles. The normalized spacial score (nSPS) is 13.6. The molecule has 2 heterocycles. The summed E-state index contributed by atoms with van der Waals surface area (Å²) in [6, 6.07) is 38.1. The molecule has 23 heteroatoms. The number of nitrogens with zero attached hydrogens (tertiary/aromatic N) is 2. The van der Waals surface area contributed by atoms with Gasteiger partial charge in [0.05, 0.1) is 17.3 Å². The van der Waals surface area contributed by atoms with Crippen LogP contribution in [0.5, 0.6) is 5.75 Å². The highest BCUT2D eigenvalue weighted by atomic mass is 19.4. The molecule has 0 saturated carbocycles. The second kappa shape index (κ2) is 26.8. The second-order valence-corrected chi connectivity index (χ2v) is 17.3. The minimum Gasteiger partial charge on any atom is -0.506 e. The van der Waals surface area contributed by atoms with E-state index < -0.39 is 36.5 Å². The number of hydrogen-bond acceptors (Lipinski definition) is 11. The Morgan fingerprint density at radius 1 is 0.789 bits per heavy atom. The number of carboxylic acid groups (broad SMARTS) is 2. The lowest BCUT2D eigenvalue weighted by Crippen LogP contribution is -2.40. The van der Waals surface area contributed by atoms with Crippen molar-refractivity contribution < 1.29 is 75.5 Å². The molecule has 1 aromatic heterocycles. The summed E-state index contributed by atoms with van der Waals surface area (Å²) in [5.41, 5.74) is 5.87. The monoisotopic (exact) mass is 1060 g/mol. The van der Waals surface area contributed by atoms with Crippen LogP contribution in [-0.2, 0) is 25.5 Å². The van der Waals surface area contributed by atoms with Crippen molar-refractivity contribution in [3.63, 3.8) is 0 Å². The lowest BCUT2D eigenvalue weighted by molar-refractivity contribution is -0.193. The molecule has 0 bridgehead atoms. The number of carboxylic acids is 2. The quantitative estimate of drug-likeness (QED) is 0.0449. The number of amides is 3. The van der Waals surface area contributed by atoms with E-state index in [2.05, 4.69) is 25.8 Å². The molecule has 7 rings (SSSR count). The Morgan fingerprint density at radius 2 is 1.41 bits per heavy atom. The molecule has 1 fully saturated rings. The van der Waals surface area contributed by atoms with Gasteiger partial charge in [0, 0.05) is 79.6 Å². The van der Waals surface area contributed by atoms with Gasteiger partial charge in [0.2, 0.25) is 11.5 Å². The first-order valence-corrected chi connectivity index (χ1v) is 23.4. The topological polar surface area (TPSA) is 251 Å². The zero-order valence-electron chi connectivity index (χ0n) is 40.8. The fourth-order valence-electron chi connectivity index (χ4n) is 7.75. The van der Waals surface area contributed by atoms with E-state index in [9.17, 15) is 55.7 Å². The minimum absolute atomic E-state index is 0.0117. The summed E-state index contributed by atoms with van der Waals surface area (Å²) in [7, 11) is 1.71. The van der Waals surface area contributed by atoms with Crippen molar-refractivity contribution in [2.24, 2.45) is 0 Å². The number of rotatable bonds is 15. The number of aromatic nitrogens is 1. The molecular formula is C53H54F6N6O11. The van der Waals surface area contributed by atoms with Gasteiger partial charge >= 0.3 is 30.4 Å². The predicted octanol–water partition coefficient (Wildman–Crippen LogP) is 8.74. The van der Waals surface area contributed by atoms with Gasteiger partial charge in [-0.1, -0.05) is 72.8 Å². The van der Waals surface area contributed by atoms with Crippen LogP contribution in [0.15, 0.2) is 132 Å². The largest absolute Gasteiger partial charge is 0.506 e. The summed E-state index contributed by atoms with van der Waals surface area (Å²) in [4.78, 5) is 75.3. The van der Waals surface area contributed by atoms with Crippen LogP contribution in [0.3, 0.4) is 0 Å². The summed E-state index contributed by atoms with van der Waals surface area (Å²) >= 11 is 0. The number of ether oxygens (including phenoxy) is 1. The number of carbonyl (C=O) groups is 5. The molecule has 8 N–H and O–H groups in total. The number of aliphatic carboxylic acids is 2. The van der Waals surface area contributed by atoms with Crippen LogP contribution in [0.25, 0.3) is 22.0 Å². The molecule has 76 heavy (non-hydrogen) atoms. The first-order chi connectivity index (χ1) is 35.9. The van der Waals surface area contributed by atoms with E-state index in [1.807, 2.05) is 85.8 Å². The maximum absolute atomic E-state index is 13.3. The smallest absolute Gasteiger partial charge is 0.490 e. The molecule has 404 valence electrons. The molecule has 6 aromatic rings. The number of carbonyl (C=O) groups excluding carboxylic acids is 3. The number of hydrogen-bond donors (Lipinski definition) is 8. The average molecular weight is 1070 g/mol. The van der Waals surface area contributed by atoms with Gasteiger partial charge in [0.1, 0.15) is 11.9 Å². The number of aliphatic hydroxyl groups excluding tert-OH is 1. The maximum atomic E-state index is 13.3. The zero-order chi connectivity index (χ0) is 55.7. The van der Waals surface area contributed by atoms with Gasteiger partial charge in [0.15, 0.2) is 0 Å². The molecule has 2 atom stereocenters. The number of nitrogens with one attached hydrogen (secondary N) is 4. The number of H-pyrrole nitrogens is 1. The molecule has 0 unspecified atom stereocenters. The molecule has 5 aromatic carbocycles. The summed E-state index contributed by atoms with van der Waals surface area (Å²) in [5, 5.41) is 45.1. The Bertz CT molecular complexity index is 2980. The molecule has 0 aliphatic carbocycles. The molecule has 1 aliphatic rings. The van der Waals surface area contributed by atoms with E-state index in [4.69, 9.17) is 24.5 Å². The number of aromatic hydroxyl groups is 1. The molecular weight excluding hydrogens is 1010 g/mol. The van der Waals surface area contributed by atoms with Gasteiger partial charge in [-0.3, -0.25) is 19.7 Å². The number of aliphatic hydroxyl groups is 1. The Labute approximate surface area is 430 Å². The number of aromatic amines is 1. The third-order valence-corrected chi connectivity index (χ3v) is 11.7. The number of phenols is 1. The zero-order valence-corrected chi connectivity index (χ0v) is 40.8. The van der Waals surface area contributed by atoms with Gasteiger partial charge in [-0.25, -0.2) is 14.4 Å². The number of piperidine rings is 1. The number of para-hydroxylation sites is 1. The van der Waals surface area contributed by atoms with Crippen LogP contribution in [0.2, 0.25) is 0 Å². The van der Waals surface area contributed by atoms with Crippen molar-refractivity contribution in [3.8, 4) is 16.9 Å². The Balaban J connectivity index is 0.000000671. The van der Waals surface area contributed by atoms with Crippen LogP contribution >= 0.6 is 0 Å². The third kappa shape index (κ3) is 17.7. The highest BCUT2D eigenvalue weighted by Crippen LogP contribution is 2.30. The van der Waals surface area contributed by atoms with Crippen molar-refractivity contribution in [1.82, 2.24) is 15.2 Å². The van der Waals surface area contributed by atoms with E-state index in [1.165, 1.54) is 12.1 Å². The van der Waals surface area contributed by atoms with E-state index in [-0.39, 0.29) is 41.8 Å². The van der Waals surface area contributed by atoms with Crippen molar-refractivity contribution in [1.29, 1.82) is 0 Å². The van der Waals surface area contributed by atoms with Gasteiger partial charge < -0.3 is 50.6 Å². The number of fused-ring (bicyclic) bond motifs is 1. The van der Waals surface area contributed by atoms with Gasteiger partial charge in [0.25, 0.3) is 5.91 Å². The highest BCUT2D eigenvalue weighted by molar-refractivity contribution is 6.05. The van der Waals surface area contributed by atoms with Crippen LogP contribution < -0.4 is 26.4 Å². The van der Waals surface area contributed by atoms with Gasteiger partial charge in [-0.15, -0.1) is 0 Å². The Morgan fingerprint density at radius 3 is 2.04 bits per heavy atom. The molecule has 1 saturated heterocycles. The van der Waals surface area contributed by atoms with Crippen LogP contribution in [-0.4, -0.2) is 118 Å². The summed E-state index contributed by atoms with van der Waals surface area (Å²) < 4.78 is 69.2. The van der Waals surface area contributed by atoms with Crippen LogP contribution in [0.4, 0.5) is 48.2 Å². The van der Waals surface area contributed by atoms with Crippen molar-refractivity contribution in [3.05, 3.63) is 154 Å². The third-order valence-electron chi connectivity index (χ3n) is 11.7. The van der Waals surface area contributed by atoms with Crippen molar-refractivity contribution in [2.45, 2.75) is 63.2 Å². The highest BCUT2D eigenvalue weighted by Gasteiger charge is 2.39. The first-order valence-electron chi connectivity index (χ1n) is 23.4. The summed E-state index contributed by atoms with van der Waals surface area (Å²) in [5.74, 6) is -5.94. The number of anilines is 3.